The molecule has 1 saturated heterocycles. The summed E-state index contributed by atoms with van der Waals surface area (Å²) in [6.07, 6.45) is 4.93. The van der Waals surface area contributed by atoms with Gasteiger partial charge in [-0.25, -0.2) is 0 Å². The summed E-state index contributed by atoms with van der Waals surface area (Å²) in [5.41, 5.74) is 1.67. The molecule has 1 aliphatic heterocycles. The van der Waals surface area contributed by atoms with Crippen LogP contribution in [0.5, 0.6) is 0 Å². The minimum Gasteiger partial charge on any atom is -0.381 e. The third-order valence-electron chi connectivity index (χ3n) is 5.15. The molecular weight excluding hydrogens is 481 g/mol. The molecular formula is C18H27BrIN3O. The van der Waals surface area contributed by atoms with E-state index in [0.717, 1.165) is 43.2 Å². The second-order valence-corrected chi connectivity index (χ2v) is 7.60. The zero-order chi connectivity index (χ0) is 16.1. The van der Waals surface area contributed by atoms with Gasteiger partial charge in [-0.1, -0.05) is 34.5 Å². The maximum Gasteiger partial charge on any atom is 0.191 e. The standard InChI is InChI=1S/C18H26BrN3O.HI/c1-20-17(21-11-14-6-9-23-12-14)22-13-18(7-3-8-18)15-4-2-5-16(19)10-15;/h2,4-5,10,14H,3,6-9,11-13H2,1H3,(H2,20,21,22);1H. The zero-order valence-electron chi connectivity index (χ0n) is 14.2. The third kappa shape index (κ3) is 4.85. The van der Waals surface area contributed by atoms with E-state index in [2.05, 4.69) is 55.8 Å². The van der Waals surface area contributed by atoms with Crippen molar-refractivity contribution in [1.29, 1.82) is 0 Å². The normalized spacial score (nSPS) is 22.4. The number of hydrogen-bond acceptors (Lipinski definition) is 2. The van der Waals surface area contributed by atoms with Gasteiger partial charge in [-0.15, -0.1) is 24.0 Å². The highest BCUT2D eigenvalue weighted by Gasteiger charge is 2.38. The molecule has 0 radical (unpaired) electrons. The van der Waals surface area contributed by atoms with E-state index in [9.17, 15) is 0 Å². The Kier molecular flexibility index (Phi) is 7.81. The lowest BCUT2D eigenvalue weighted by Gasteiger charge is -2.43. The summed E-state index contributed by atoms with van der Waals surface area (Å²) in [6, 6.07) is 8.73. The highest BCUT2D eigenvalue weighted by molar-refractivity contribution is 14.0. The second kappa shape index (κ2) is 9.38. The molecule has 1 aliphatic carbocycles. The average molecular weight is 508 g/mol. The lowest BCUT2D eigenvalue weighted by atomic mass is 9.64. The van der Waals surface area contributed by atoms with Gasteiger partial charge in [0, 0.05) is 42.5 Å². The maximum absolute atomic E-state index is 5.43. The van der Waals surface area contributed by atoms with Crippen molar-refractivity contribution < 1.29 is 4.74 Å². The molecule has 0 spiro atoms. The van der Waals surface area contributed by atoms with Crippen molar-refractivity contribution in [2.45, 2.75) is 31.1 Å². The first kappa shape index (κ1) is 20.0. The largest absolute Gasteiger partial charge is 0.381 e. The lowest BCUT2D eigenvalue weighted by Crippen LogP contribution is -2.49. The SMILES string of the molecule is CN=C(NCC1CCOC1)NCC1(c2cccc(Br)c2)CCC1.I. The Morgan fingerprint density at radius 1 is 1.38 bits per heavy atom. The van der Waals surface area contributed by atoms with Crippen LogP contribution >= 0.6 is 39.9 Å². The molecule has 6 heteroatoms. The van der Waals surface area contributed by atoms with E-state index in [0.29, 0.717) is 5.92 Å². The molecule has 2 aliphatic rings. The van der Waals surface area contributed by atoms with Gasteiger partial charge >= 0.3 is 0 Å². The zero-order valence-corrected chi connectivity index (χ0v) is 18.1. The van der Waals surface area contributed by atoms with Crippen molar-refractivity contribution in [3.05, 3.63) is 34.3 Å². The molecule has 1 atom stereocenters. The molecule has 1 unspecified atom stereocenters. The average Bonchev–Trinajstić information content (AvgIpc) is 3.02. The van der Waals surface area contributed by atoms with Crippen molar-refractivity contribution in [3.63, 3.8) is 0 Å². The minimum atomic E-state index is 0. The van der Waals surface area contributed by atoms with Crippen molar-refractivity contribution >= 4 is 45.9 Å². The van der Waals surface area contributed by atoms with Gasteiger partial charge in [-0.2, -0.15) is 0 Å². The molecule has 3 rings (SSSR count). The van der Waals surface area contributed by atoms with E-state index in [1.165, 1.54) is 24.8 Å². The van der Waals surface area contributed by atoms with E-state index in [-0.39, 0.29) is 29.4 Å². The Balaban J connectivity index is 0.00000208. The number of nitrogens with one attached hydrogen (secondary N) is 2. The third-order valence-corrected chi connectivity index (χ3v) is 5.64. The van der Waals surface area contributed by atoms with E-state index < -0.39 is 0 Å². The summed E-state index contributed by atoms with van der Waals surface area (Å²) in [6.45, 7) is 3.63. The minimum absolute atomic E-state index is 0. The highest BCUT2D eigenvalue weighted by atomic mass is 127. The van der Waals surface area contributed by atoms with Crippen LogP contribution in [0.4, 0.5) is 0 Å². The van der Waals surface area contributed by atoms with Crippen LogP contribution < -0.4 is 10.6 Å². The summed E-state index contributed by atoms with van der Waals surface area (Å²) in [4.78, 5) is 4.37. The summed E-state index contributed by atoms with van der Waals surface area (Å²) in [5.74, 6) is 1.51. The Labute approximate surface area is 170 Å². The van der Waals surface area contributed by atoms with Crippen LogP contribution in [0.3, 0.4) is 0 Å². The predicted octanol–water partition coefficient (Wildman–Crippen LogP) is 3.69. The van der Waals surface area contributed by atoms with Crippen molar-refractivity contribution in [2.75, 3.05) is 33.4 Å². The molecule has 134 valence electrons. The van der Waals surface area contributed by atoms with E-state index >= 15 is 0 Å². The fourth-order valence-corrected chi connectivity index (χ4v) is 3.85. The topological polar surface area (TPSA) is 45.7 Å². The number of nitrogens with zero attached hydrogens (tertiary/aromatic N) is 1. The molecule has 4 nitrogen and oxygen atoms in total. The van der Waals surface area contributed by atoms with Crippen LogP contribution in [-0.2, 0) is 10.2 Å². The molecule has 0 aromatic heterocycles. The van der Waals surface area contributed by atoms with Crippen LogP contribution in [0, 0.1) is 5.92 Å². The smallest absolute Gasteiger partial charge is 0.191 e. The Morgan fingerprint density at radius 3 is 2.79 bits per heavy atom. The molecule has 2 N–H and O–H groups in total. The van der Waals surface area contributed by atoms with Crippen LogP contribution in [0.25, 0.3) is 0 Å². The van der Waals surface area contributed by atoms with Gasteiger partial charge in [0.15, 0.2) is 5.96 Å². The Hall–Kier alpha value is -0.340. The lowest BCUT2D eigenvalue weighted by molar-refractivity contribution is 0.186. The van der Waals surface area contributed by atoms with E-state index in [1.807, 2.05) is 7.05 Å². The van der Waals surface area contributed by atoms with Crippen molar-refractivity contribution in [2.24, 2.45) is 10.9 Å². The molecule has 1 saturated carbocycles. The van der Waals surface area contributed by atoms with Crippen LogP contribution in [0.15, 0.2) is 33.7 Å². The first-order chi connectivity index (χ1) is 11.2. The van der Waals surface area contributed by atoms with Crippen molar-refractivity contribution in [1.82, 2.24) is 10.6 Å². The van der Waals surface area contributed by atoms with Gasteiger partial charge < -0.3 is 15.4 Å². The van der Waals surface area contributed by atoms with Crippen LogP contribution in [-0.4, -0.2) is 39.3 Å². The fraction of sp³-hybridized carbons (Fsp3) is 0.611. The number of ether oxygens (including phenoxy) is 1. The molecule has 1 heterocycles. The maximum atomic E-state index is 5.43. The monoisotopic (exact) mass is 507 g/mol. The highest BCUT2D eigenvalue weighted by Crippen LogP contribution is 2.43. The molecule has 1 aromatic carbocycles. The fourth-order valence-electron chi connectivity index (χ4n) is 3.45. The van der Waals surface area contributed by atoms with Gasteiger partial charge in [0.2, 0.25) is 0 Å². The number of benzene rings is 1. The number of guanidine groups is 1. The van der Waals surface area contributed by atoms with Crippen LogP contribution in [0.1, 0.15) is 31.2 Å². The Bertz CT molecular complexity index is 557. The molecule has 0 bridgehead atoms. The second-order valence-electron chi connectivity index (χ2n) is 6.68. The molecule has 0 amide bonds. The van der Waals surface area contributed by atoms with E-state index in [4.69, 9.17) is 4.74 Å². The number of hydrogen-bond donors (Lipinski definition) is 2. The number of rotatable bonds is 5. The quantitative estimate of drug-likeness (QED) is 0.363. The molecule has 24 heavy (non-hydrogen) atoms. The van der Waals surface area contributed by atoms with Gasteiger partial charge in [0.05, 0.1) is 6.61 Å². The first-order valence-corrected chi connectivity index (χ1v) is 9.29. The summed E-state index contributed by atoms with van der Waals surface area (Å²) >= 11 is 3.60. The summed E-state index contributed by atoms with van der Waals surface area (Å²) in [7, 11) is 1.84. The van der Waals surface area contributed by atoms with Gasteiger partial charge in [-0.3, -0.25) is 4.99 Å². The van der Waals surface area contributed by atoms with E-state index in [1.54, 1.807) is 0 Å². The molecule has 2 fully saturated rings. The van der Waals surface area contributed by atoms with Gasteiger partial charge in [-0.05, 0) is 37.0 Å². The van der Waals surface area contributed by atoms with Gasteiger partial charge in [0.25, 0.3) is 0 Å². The summed E-state index contributed by atoms with van der Waals surface area (Å²) < 4.78 is 6.59. The first-order valence-electron chi connectivity index (χ1n) is 8.50. The van der Waals surface area contributed by atoms with Crippen LogP contribution in [0.2, 0.25) is 0 Å². The Morgan fingerprint density at radius 2 is 2.21 bits per heavy atom. The predicted molar refractivity (Wildman–Crippen MR) is 113 cm³/mol. The van der Waals surface area contributed by atoms with Crippen molar-refractivity contribution in [3.8, 4) is 0 Å². The molecule has 1 aromatic rings. The number of aliphatic imine (C=N–C) groups is 1. The van der Waals surface area contributed by atoms with Gasteiger partial charge in [0.1, 0.15) is 0 Å². The summed E-state index contributed by atoms with van der Waals surface area (Å²) in [5, 5.41) is 6.98. The number of halogens is 2.